The summed E-state index contributed by atoms with van der Waals surface area (Å²) < 4.78 is 39.0. The van der Waals surface area contributed by atoms with Crippen LogP contribution < -0.4 is 19.4 Å². The van der Waals surface area contributed by atoms with Gasteiger partial charge in [0.1, 0.15) is 23.0 Å². The van der Waals surface area contributed by atoms with Crippen LogP contribution in [-0.4, -0.2) is 45.6 Å². The third-order valence-electron chi connectivity index (χ3n) is 5.29. The highest BCUT2D eigenvalue weighted by Crippen LogP contribution is 2.41. The molecule has 176 valence electrons. The lowest BCUT2D eigenvalue weighted by Crippen LogP contribution is -2.41. The number of carbonyl (C=O) groups is 1. The van der Waals surface area contributed by atoms with E-state index in [0.717, 1.165) is 6.26 Å². The van der Waals surface area contributed by atoms with Gasteiger partial charge in [0.05, 0.1) is 13.4 Å². The van der Waals surface area contributed by atoms with Crippen molar-refractivity contribution >= 4 is 22.0 Å². The van der Waals surface area contributed by atoms with Gasteiger partial charge in [-0.15, -0.1) is 0 Å². The van der Waals surface area contributed by atoms with E-state index in [4.69, 9.17) is 19.4 Å². The molecule has 3 aromatic rings. The van der Waals surface area contributed by atoms with E-state index < -0.39 is 15.7 Å². The molecule has 9 nitrogen and oxygen atoms in total. The smallest absolute Gasteiger partial charge is 0.306 e. The molecule has 0 fully saturated rings. The number of hydrogen-bond acceptors (Lipinski definition) is 8. The highest BCUT2D eigenvalue weighted by molar-refractivity contribution is 7.86. The van der Waals surface area contributed by atoms with E-state index in [9.17, 15) is 13.2 Å². The molecule has 0 spiro atoms. The molecule has 1 aliphatic rings. The molecule has 1 heterocycles. The van der Waals surface area contributed by atoms with Gasteiger partial charge in [0, 0.05) is 13.1 Å². The SMILES string of the molecule is COc1cccc(Oc2cccc(C3(c4ccc(OS(C)(=O)=O)cc4)N=C(N)N(C)C3=O)c2)c1. The Hall–Kier alpha value is -4.05. The molecule has 0 bridgehead atoms. The molecule has 0 aromatic heterocycles. The summed E-state index contributed by atoms with van der Waals surface area (Å²) in [5.74, 6) is 1.50. The molecule has 0 saturated carbocycles. The first-order chi connectivity index (χ1) is 16.1. The Morgan fingerprint density at radius 2 is 1.50 bits per heavy atom. The molecule has 1 unspecified atom stereocenters. The van der Waals surface area contributed by atoms with Crippen molar-refractivity contribution in [3.8, 4) is 23.0 Å². The normalized spacial score (nSPS) is 17.9. The van der Waals surface area contributed by atoms with Gasteiger partial charge in [0.2, 0.25) is 0 Å². The number of methoxy groups -OCH3 is 1. The number of rotatable bonds is 7. The zero-order chi connectivity index (χ0) is 24.5. The summed E-state index contributed by atoms with van der Waals surface area (Å²) in [4.78, 5) is 19.3. The van der Waals surface area contributed by atoms with Crippen LogP contribution in [0.4, 0.5) is 0 Å². The highest BCUT2D eigenvalue weighted by Gasteiger charge is 2.49. The van der Waals surface area contributed by atoms with Gasteiger partial charge >= 0.3 is 10.1 Å². The maximum atomic E-state index is 13.5. The maximum Gasteiger partial charge on any atom is 0.306 e. The fraction of sp³-hybridized carbons (Fsp3) is 0.167. The Morgan fingerprint density at radius 3 is 2.09 bits per heavy atom. The van der Waals surface area contributed by atoms with Gasteiger partial charge in [0.25, 0.3) is 5.91 Å². The molecule has 1 atom stereocenters. The van der Waals surface area contributed by atoms with Gasteiger partial charge in [0.15, 0.2) is 11.5 Å². The predicted octanol–water partition coefficient (Wildman–Crippen LogP) is 2.86. The van der Waals surface area contributed by atoms with Crippen LogP contribution in [0.2, 0.25) is 0 Å². The molecule has 34 heavy (non-hydrogen) atoms. The van der Waals surface area contributed by atoms with E-state index in [1.165, 1.54) is 17.0 Å². The molecule has 0 radical (unpaired) electrons. The van der Waals surface area contributed by atoms with Crippen molar-refractivity contribution in [1.29, 1.82) is 0 Å². The van der Waals surface area contributed by atoms with E-state index in [0.29, 0.717) is 28.4 Å². The summed E-state index contributed by atoms with van der Waals surface area (Å²) in [6.45, 7) is 0. The number of hydrogen-bond donors (Lipinski definition) is 1. The molecule has 10 heteroatoms. The largest absolute Gasteiger partial charge is 0.497 e. The number of benzene rings is 3. The second-order valence-electron chi connectivity index (χ2n) is 7.67. The Kier molecular flexibility index (Phi) is 5.92. The molecule has 3 aromatic carbocycles. The number of guanidine groups is 1. The number of amides is 1. The van der Waals surface area contributed by atoms with Crippen LogP contribution in [0, 0.1) is 0 Å². The molecule has 0 aliphatic carbocycles. The lowest BCUT2D eigenvalue weighted by molar-refractivity contribution is -0.129. The number of nitrogens with zero attached hydrogens (tertiary/aromatic N) is 2. The van der Waals surface area contributed by atoms with E-state index in [2.05, 4.69) is 4.99 Å². The molecular formula is C24H23N3O6S. The van der Waals surface area contributed by atoms with Crippen molar-refractivity contribution < 1.29 is 26.9 Å². The van der Waals surface area contributed by atoms with Crippen LogP contribution in [0.25, 0.3) is 0 Å². The van der Waals surface area contributed by atoms with Gasteiger partial charge in [-0.2, -0.15) is 8.42 Å². The van der Waals surface area contributed by atoms with Crippen molar-refractivity contribution in [2.75, 3.05) is 20.4 Å². The molecule has 1 amide bonds. The van der Waals surface area contributed by atoms with E-state index in [1.807, 2.05) is 0 Å². The minimum Gasteiger partial charge on any atom is -0.497 e. The zero-order valence-corrected chi connectivity index (χ0v) is 19.6. The zero-order valence-electron chi connectivity index (χ0n) is 18.8. The summed E-state index contributed by atoms with van der Waals surface area (Å²) in [6, 6.07) is 20.2. The third kappa shape index (κ3) is 4.40. The van der Waals surface area contributed by atoms with Crippen LogP contribution in [0.3, 0.4) is 0 Å². The van der Waals surface area contributed by atoms with Gasteiger partial charge in [-0.25, -0.2) is 4.99 Å². The maximum absolute atomic E-state index is 13.5. The van der Waals surface area contributed by atoms with E-state index >= 15 is 0 Å². The molecular weight excluding hydrogens is 458 g/mol. The number of likely N-dealkylation sites (N-methyl/N-ethyl adjacent to an activating group) is 1. The van der Waals surface area contributed by atoms with Crippen LogP contribution in [0.5, 0.6) is 23.0 Å². The van der Waals surface area contributed by atoms with E-state index in [1.54, 1.807) is 74.8 Å². The highest BCUT2D eigenvalue weighted by atomic mass is 32.2. The third-order valence-corrected chi connectivity index (χ3v) is 5.78. The summed E-state index contributed by atoms with van der Waals surface area (Å²) in [5, 5.41) is 0. The molecule has 1 aliphatic heterocycles. The van der Waals surface area contributed by atoms with Gasteiger partial charge in [-0.05, 0) is 47.5 Å². The topological polar surface area (TPSA) is 121 Å². The van der Waals surface area contributed by atoms with Crippen LogP contribution in [0.15, 0.2) is 77.8 Å². The first-order valence-electron chi connectivity index (χ1n) is 10.2. The Labute approximate surface area is 197 Å². The van der Waals surface area contributed by atoms with Crippen LogP contribution in [0.1, 0.15) is 11.1 Å². The molecule has 0 saturated heterocycles. The van der Waals surface area contributed by atoms with Crippen molar-refractivity contribution in [3.63, 3.8) is 0 Å². The summed E-state index contributed by atoms with van der Waals surface area (Å²) in [6.07, 6.45) is 0.955. The summed E-state index contributed by atoms with van der Waals surface area (Å²) in [7, 11) is -0.581. The van der Waals surface area contributed by atoms with Gasteiger partial charge in [-0.1, -0.05) is 30.3 Å². The molecule has 4 rings (SSSR count). The number of ether oxygens (including phenoxy) is 2. The minimum atomic E-state index is -3.69. The fourth-order valence-electron chi connectivity index (χ4n) is 3.70. The first kappa shape index (κ1) is 23.1. The number of aliphatic imine (C=N–C) groups is 1. The Bertz CT molecular complexity index is 1370. The monoisotopic (exact) mass is 481 g/mol. The lowest BCUT2D eigenvalue weighted by atomic mass is 9.82. The molecule has 2 N–H and O–H groups in total. The van der Waals surface area contributed by atoms with E-state index in [-0.39, 0.29) is 17.6 Å². The summed E-state index contributed by atoms with van der Waals surface area (Å²) >= 11 is 0. The average molecular weight is 482 g/mol. The second kappa shape index (κ2) is 8.71. The number of carbonyl (C=O) groups excluding carboxylic acids is 1. The second-order valence-corrected chi connectivity index (χ2v) is 9.24. The van der Waals surface area contributed by atoms with Crippen molar-refractivity contribution in [3.05, 3.63) is 83.9 Å². The minimum absolute atomic E-state index is 0.0561. The van der Waals surface area contributed by atoms with Crippen molar-refractivity contribution in [2.24, 2.45) is 10.7 Å². The predicted molar refractivity (Wildman–Crippen MR) is 127 cm³/mol. The quantitative estimate of drug-likeness (QED) is 0.515. The van der Waals surface area contributed by atoms with Gasteiger partial charge in [-0.3, -0.25) is 9.69 Å². The van der Waals surface area contributed by atoms with Crippen molar-refractivity contribution in [1.82, 2.24) is 4.90 Å². The lowest BCUT2D eigenvalue weighted by Gasteiger charge is -2.26. The Balaban J connectivity index is 1.77. The Morgan fingerprint density at radius 1 is 0.882 bits per heavy atom. The number of nitrogens with two attached hydrogens (primary N) is 1. The van der Waals surface area contributed by atoms with Crippen LogP contribution in [-0.2, 0) is 20.5 Å². The summed E-state index contributed by atoms with van der Waals surface area (Å²) in [5.41, 5.74) is 5.58. The van der Waals surface area contributed by atoms with Crippen molar-refractivity contribution in [2.45, 2.75) is 5.54 Å². The first-order valence-corrected chi connectivity index (χ1v) is 12.0. The standard InChI is InChI=1S/C24H23N3O6S/c1-27-22(28)24(26-23(27)25,16-10-12-18(13-11-16)33-34(3,29)30)17-6-4-8-20(14-17)32-21-9-5-7-19(15-21)31-2/h4-15H,1-3H3,(H2,25,26). The van der Waals surface area contributed by atoms with Crippen LogP contribution >= 0.6 is 0 Å². The fourth-order valence-corrected chi connectivity index (χ4v) is 4.16. The average Bonchev–Trinajstić information content (AvgIpc) is 3.03. The van der Waals surface area contributed by atoms with Gasteiger partial charge < -0.3 is 19.4 Å².